The number of carbonyl (C=O) groups is 2. The van der Waals surface area contributed by atoms with Gasteiger partial charge in [0.25, 0.3) is 0 Å². The molecular formula is C9H17NO5S. The van der Waals surface area contributed by atoms with Crippen LogP contribution in [0.15, 0.2) is 0 Å². The van der Waals surface area contributed by atoms with Gasteiger partial charge >= 0.3 is 11.9 Å². The zero-order chi connectivity index (χ0) is 12.9. The Morgan fingerprint density at radius 2 is 1.75 bits per heavy atom. The van der Waals surface area contributed by atoms with E-state index >= 15 is 0 Å². The molecule has 7 heteroatoms. The predicted molar refractivity (Wildman–Crippen MR) is 59.5 cm³/mol. The number of hydrogen-bond acceptors (Lipinski definition) is 4. The molecule has 4 N–H and O–H groups in total. The quantitative estimate of drug-likeness (QED) is 0.569. The van der Waals surface area contributed by atoms with Gasteiger partial charge in [-0.05, 0) is 12.3 Å². The lowest BCUT2D eigenvalue weighted by Gasteiger charge is -2.15. The molecule has 3 atom stereocenters. The van der Waals surface area contributed by atoms with Crippen molar-refractivity contribution in [3.05, 3.63) is 0 Å². The van der Waals surface area contributed by atoms with Gasteiger partial charge in [0.15, 0.2) is 0 Å². The van der Waals surface area contributed by atoms with Crippen LogP contribution in [0.4, 0.5) is 0 Å². The summed E-state index contributed by atoms with van der Waals surface area (Å²) >= 11 is 0. The largest absolute Gasteiger partial charge is 0.480 e. The predicted octanol–water partition coefficient (Wildman–Crippen LogP) is -0.354. The van der Waals surface area contributed by atoms with Crippen LogP contribution in [0.3, 0.4) is 0 Å². The van der Waals surface area contributed by atoms with Crippen molar-refractivity contribution in [3.8, 4) is 0 Å². The molecule has 0 amide bonds. The zero-order valence-electron chi connectivity index (χ0n) is 9.25. The summed E-state index contributed by atoms with van der Waals surface area (Å²) in [5, 5.41) is 16.3. The molecule has 94 valence electrons. The number of aliphatic carboxylic acids is 2. The smallest absolute Gasteiger partial charge is 0.321 e. The highest BCUT2D eigenvalue weighted by atomic mass is 32.2. The highest BCUT2D eigenvalue weighted by molar-refractivity contribution is 7.86. The van der Waals surface area contributed by atoms with Crippen molar-refractivity contribution in [2.75, 3.05) is 5.75 Å². The molecule has 0 aliphatic heterocycles. The third-order valence-electron chi connectivity index (χ3n) is 1.94. The third-order valence-corrected chi connectivity index (χ3v) is 3.66. The topological polar surface area (TPSA) is 118 Å². The van der Waals surface area contributed by atoms with Gasteiger partial charge in [-0.2, -0.15) is 0 Å². The maximum atomic E-state index is 11.6. The molecule has 0 spiro atoms. The Labute approximate surface area is 96.3 Å². The van der Waals surface area contributed by atoms with Crippen LogP contribution in [0.1, 0.15) is 20.3 Å². The Bertz CT molecular complexity index is 292. The van der Waals surface area contributed by atoms with E-state index < -0.39 is 34.0 Å². The van der Waals surface area contributed by atoms with Gasteiger partial charge in [-0.3, -0.25) is 13.8 Å². The summed E-state index contributed by atoms with van der Waals surface area (Å²) in [4.78, 5) is 21.3. The lowest BCUT2D eigenvalue weighted by atomic mass is 10.1. The second-order valence-corrected chi connectivity index (χ2v) is 5.61. The number of nitrogens with two attached hydrogens (primary N) is 1. The molecule has 16 heavy (non-hydrogen) atoms. The molecule has 0 heterocycles. The summed E-state index contributed by atoms with van der Waals surface area (Å²) in [6, 6.07) is -1.28. The standard InChI is InChI=1S/C9H17NO5S/c1-5(2)3-7(9(13)14)16(15)4-6(10)8(11)12/h5-7H,3-4,10H2,1-2H3,(H,11,12)(H,13,14)/t6-,7?,16?/m0/s1. The molecule has 0 rings (SSSR count). The highest BCUT2D eigenvalue weighted by Crippen LogP contribution is 2.11. The van der Waals surface area contributed by atoms with Crippen LogP contribution in [0.25, 0.3) is 0 Å². The van der Waals surface area contributed by atoms with E-state index in [9.17, 15) is 13.8 Å². The van der Waals surface area contributed by atoms with Crippen molar-refractivity contribution >= 4 is 22.7 Å². The first-order valence-corrected chi connectivity index (χ1v) is 6.22. The summed E-state index contributed by atoms with van der Waals surface area (Å²) < 4.78 is 11.6. The molecule has 0 saturated carbocycles. The van der Waals surface area contributed by atoms with Gasteiger partial charge in [-0.25, -0.2) is 0 Å². The molecule has 6 nitrogen and oxygen atoms in total. The van der Waals surface area contributed by atoms with Gasteiger partial charge in [-0.1, -0.05) is 13.8 Å². The first-order valence-electron chi connectivity index (χ1n) is 4.84. The molecule has 0 saturated heterocycles. The lowest BCUT2D eigenvalue weighted by Crippen LogP contribution is -2.40. The number of hydrogen-bond donors (Lipinski definition) is 3. The van der Waals surface area contributed by atoms with Crippen LogP contribution >= 0.6 is 0 Å². The Balaban J connectivity index is 4.51. The summed E-state index contributed by atoms with van der Waals surface area (Å²) in [5.74, 6) is -2.71. The van der Waals surface area contributed by atoms with E-state index in [1.807, 2.05) is 13.8 Å². The summed E-state index contributed by atoms with van der Waals surface area (Å²) in [6.45, 7) is 3.62. The van der Waals surface area contributed by atoms with E-state index in [0.29, 0.717) is 0 Å². The average molecular weight is 251 g/mol. The van der Waals surface area contributed by atoms with E-state index in [4.69, 9.17) is 15.9 Å². The van der Waals surface area contributed by atoms with Crippen molar-refractivity contribution < 1.29 is 24.0 Å². The van der Waals surface area contributed by atoms with Crippen LogP contribution in [0.5, 0.6) is 0 Å². The Kier molecular flexibility index (Phi) is 6.20. The Morgan fingerprint density at radius 3 is 2.06 bits per heavy atom. The molecule has 0 aliphatic rings. The minimum absolute atomic E-state index is 0.0751. The normalized spacial score (nSPS) is 16.8. The van der Waals surface area contributed by atoms with Gasteiger partial charge in [0.05, 0.1) is 5.75 Å². The molecule has 0 aromatic carbocycles. The first-order chi connectivity index (χ1) is 7.25. The van der Waals surface area contributed by atoms with Gasteiger partial charge in [0.2, 0.25) is 0 Å². The number of carboxylic acid groups (broad SMARTS) is 2. The molecular weight excluding hydrogens is 234 g/mol. The maximum absolute atomic E-state index is 11.6. The summed E-state index contributed by atoms with van der Waals surface area (Å²) in [6.07, 6.45) is 0.244. The summed E-state index contributed by atoms with van der Waals surface area (Å²) in [7, 11) is -1.76. The SMILES string of the molecule is CC(C)CC(C(=O)O)S(=O)C[C@H](N)C(=O)O. The molecule has 0 radical (unpaired) electrons. The van der Waals surface area contributed by atoms with Gasteiger partial charge in [-0.15, -0.1) is 0 Å². The van der Waals surface area contributed by atoms with Gasteiger partial charge in [0.1, 0.15) is 11.3 Å². The van der Waals surface area contributed by atoms with E-state index in [1.54, 1.807) is 0 Å². The fourth-order valence-electron chi connectivity index (χ4n) is 1.11. The van der Waals surface area contributed by atoms with Crippen molar-refractivity contribution in [1.29, 1.82) is 0 Å². The highest BCUT2D eigenvalue weighted by Gasteiger charge is 2.28. The van der Waals surface area contributed by atoms with E-state index in [0.717, 1.165) is 0 Å². The zero-order valence-corrected chi connectivity index (χ0v) is 10.1. The van der Waals surface area contributed by atoms with E-state index in [-0.39, 0.29) is 18.1 Å². The van der Waals surface area contributed by atoms with E-state index in [1.165, 1.54) is 0 Å². The molecule has 2 unspecified atom stereocenters. The number of carboxylic acids is 2. The lowest BCUT2D eigenvalue weighted by molar-refractivity contribution is -0.138. The summed E-state index contributed by atoms with van der Waals surface area (Å²) in [5.41, 5.74) is 5.20. The van der Waals surface area contributed by atoms with Crippen LogP contribution in [0, 0.1) is 5.92 Å². The maximum Gasteiger partial charge on any atom is 0.321 e. The minimum atomic E-state index is -1.76. The molecule has 0 bridgehead atoms. The Morgan fingerprint density at radius 1 is 1.25 bits per heavy atom. The van der Waals surface area contributed by atoms with E-state index in [2.05, 4.69) is 0 Å². The fraction of sp³-hybridized carbons (Fsp3) is 0.778. The molecule has 0 aromatic heterocycles. The van der Waals surface area contributed by atoms with Crippen LogP contribution in [-0.4, -0.2) is 43.4 Å². The fourth-order valence-corrected chi connectivity index (χ4v) is 2.67. The minimum Gasteiger partial charge on any atom is -0.480 e. The van der Waals surface area contributed by atoms with Crippen molar-refractivity contribution in [2.24, 2.45) is 11.7 Å². The van der Waals surface area contributed by atoms with Crippen molar-refractivity contribution in [3.63, 3.8) is 0 Å². The monoisotopic (exact) mass is 251 g/mol. The molecule has 0 aromatic rings. The molecule has 0 aliphatic carbocycles. The van der Waals surface area contributed by atoms with Crippen LogP contribution < -0.4 is 5.73 Å². The molecule has 0 fully saturated rings. The van der Waals surface area contributed by atoms with Crippen molar-refractivity contribution in [2.45, 2.75) is 31.6 Å². The van der Waals surface area contributed by atoms with Gasteiger partial charge in [0, 0.05) is 10.8 Å². The Hall–Kier alpha value is -0.950. The average Bonchev–Trinajstić information content (AvgIpc) is 2.12. The first kappa shape index (κ1) is 15.0. The number of rotatable bonds is 7. The third kappa shape index (κ3) is 5.22. The second kappa shape index (κ2) is 6.59. The van der Waals surface area contributed by atoms with Gasteiger partial charge < -0.3 is 15.9 Å². The van der Waals surface area contributed by atoms with Crippen LogP contribution in [-0.2, 0) is 20.4 Å². The van der Waals surface area contributed by atoms with Crippen LogP contribution in [0.2, 0.25) is 0 Å². The second-order valence-electron chi connectivity index (χ2n) is 3.95. The van der Waals surface area contributed by atoms with Crippen molar-refractivity contribution in [1.82, 2.24) is 0 Å².